The fraction of sp³-hybridized carbons (Fsp3) is 0.500. The molecule has 0 spiro atoms. The number of carbonyl (C=O) groups is 1. The fourth-order valence-electron chi connectivity index (χ4n) is 2.37. The molecule has 1 saturated heterocycles. The van der Waals surface area contributed by atoms with Gasteiger partial charge >= 0.3 is 0 Å². The van der Waals surface area contributed by atoms with Gasteiger partial charge < -0.3 is 16.4 Å². The van der Waals surface area contributed by atoms with Crippen molar-refractivity contribution in [1.29, 1.82) is 0 Å². The zero-order valence-electron chi connectivity index (χ0n) is 10.0. The van der Waals surface area contributed by atoms with Gasteiger partial charge in [0.2, 0.25) is 5.91 Å². The van der Waals surface area contributed by atoms with Gasteiger partial charge in [0, 0.05) is 6.54 Å². The van der Waals surface area contributed by atoms with E-state index in [0.717, 1.165) is 37.2 Å². The maximum atomic E-state index is 11.4. The van der Waals surface area contributed by atoms with Gasteiger partial charge in [-0.15, -0.1) is 0 Å². The summed E-state index contributed by atoms with van der Waals surface area (Å²) in [5.41, 5.74) is 12.7. The third-order valence-corrected chi connectivity index (χ3v) is 3.18. The van der Waals surface area contributed by atoms with Crippen molar-refractivity contribution >= 4 is 17.4 Å². The first-order valence-corrected chi connectivity index (χ1v) is 5.87. The van der Waals surface area contributed by atoms with Crippen molar-refractivity contribution in [3.63, 3.8) is 0 Å². The minimum Gasteiger partial charge on any atom is -0.397 e. The molecule has 1 atom stereocenters. The molecule has 0 aliphatic carbocycles. The Kier molecular flexibility index (Phi) is 3.17. The highest BCUT2D eigenvalue weighted by atomic mass is 16.1. The second-order valence-electron chi connectivity index (χ2n) is 4.52. The Balaban J connectivity index is 2.32. The molecule has 0 radical (unpaired) electrons. The second kappa shape index (κ2) is 4.61. The van der Waals surface area contributed by atoms with Crippen molar-refractivity contribution < 1.29 is 4.79 Å². The van der Waals surface area contributed by atoms with Crippen molar-refractivity contribution in [2.75, 3.05) is 17.2 Å². The number of aromatic nitrogens is 1. The molecule has 2 rings (SSSR count). The maximum Gasteiger partial charge on any atom is 0.240 e. The Labute approximate surface area is 101 Å². The molecule has 5 heteroatoms. The van der Waals surface area contributed by atoms with Crippen LogP contribution in [0.1, 0.15) is 24.8 Å². The van der Waals surface area contributed by atoms with Gasteiger partial charge in [0.15, 0.2) is 0 Å². The van der Waals surface area contributed by atoms with Crippen LogP contribution in [-0.4, -0.2) is 23.5 Å². The van der Waals surface area contributed by atoms with E-state index in [9.17, 15) is 4.79 Å². The predicted molar refractivity (Wildman–Crippen MR) is 67.6 cm³/mol. The zero-order chi connectivity index (χ0) is 12.4. The standard InChI is InChI=1S/C12H18N4O/c1-8-6-9(13)7-15-12(8)16-5-3-2-4-10(16)11(14)17/h6-7,10H,2-5,13H2,1H3,(H2,14,17). The number of hydrogen-bond donors (Lipinski definition) is 2. The lowest BCUT2D eigenvalue weighted by Crippen LogP contribution is -2.48. The van der Waals surface area contributed by atoms with Gasteiger partial charge in [-0.1, -0.05) is 0 Å². The number of rotatable bonds is 2. The molecule has 1 aromatic heterocycles. The molecule has 92 valence electrons. The Hall–Kier alpha value is -1.78. The average Bonchev–Trinajstić information content (AvgIpc) is 2.29. The largest absolute Gasteiger partial charge is 0.397 e. The van der Waals surface area contributed by atoms with Crippen LogP contribution in [0.2, 0.25) is 0 Å². The first kappa shape index (κ1) is 11.7. The second-order valence-corrected chi connectivity index (χ2v) is 4.52. The summed E-state index contributed by atoms with van der Waals surface area (Å²) in [6.07, 6.45) is 4.53. The first-order valence-electron chi connectivity index (χ1n) is 5.87. The predicted octanol–water partition coefficient (Wildman–Crippen LogP) is 0.816. The molecule has 0 bridgehead atoms. The number of piperidine rings is 1. The van der Waals surface area contributed by atoms with Crippen molar-refractivity contribution in [1.82, 2.24) is 4.98 Å². The number of amides is 1. The number of nitrogens with two attached hydrogens (primary N) is 2. The zero-order valence-corrected chi connectivity index (χ0v) is 10.0. The summed E-state index contributed by atoms with van der Waals surface area (Å²) in [5.74, 6) is 0.547. The van der Waals surface area contributed by atoms with E-state index in [2.05, 4.69) is 4.98 Å². The lowest BCUT2D eigenvalue weighted by molar-refractivity contribution is -0.119. The van der Waals surface area contributed by atoms with E-state index in [1.165, 1.54) is 0 Å². The van der Waals surface area contributed by atoms with Crippen molar-refractivity contribution in [2.45, 2.75) is 32.2 Å². The highest BCUT2D eigenvalue weighted by molar-refractivity contribution is 5.83. The van der Waals surface area contributed by atoms with Gasteiger partial charge in [0.1, 0.15) is 11.9 Å². The fourth-order valence-corrected chi connectivity index (χ4v) is 2.37. The Bertz CT molecular complexity index is 433. The smallest absolute Gasteiger partial charge is 0.240 e. The summed E-state index contributed by atoms with van der Waals surface area (Å²) in [5, 5.41) is 0. The molecule has 17 heavy (non-hydrogen) atoms. The lowest BCUT2D eigenvalue weighted by Gasteiger charge is -2.35. The number of hydrogen-bond acceptors (Lipinski definition) is 4. The summed E-state index contributed by atoms with van der Waals surface area (Å²) in [6, 6.07) is 1.63. The van der Waals surface area contributed by atoms with Crippen molar-refractivity contribution in [3.05, 3.63) is 17.8 Å². The molecule has 1 aromatic rings. The number of anilines is 2. The highest BCUT2D eigenvalue weighted by Gasteiger charge is 2.28. The summed E-state index contributed by atoms with van der Waals surface area (Å²) in [6.45, 7) is 2.77. The van der Waals surface area contributed by atoms with Gasteiger partial charge in [-0.25, -0.2) is 4.98 Å². The molecule has 2 heterocycles. The molecule has 1 unspecified atom stereocenters. The van der Waals surface area contributed by atoms with E-state index in [4.69, 9.17) is 11.5 Å². The van der Waals surface area contributed by atoms with E-state index >= 15 is 0 Å². The van der Waals surface area contributed by atoms with E-state index in [-0.39, 0.29) is 11.9 Å². The number of carbonyl (C=O) groups excluding carboxylic acids is 1. The van der Waals surface area contributed by atoms with Crippen LogP contribution in [0.4, 0.5) is 11.5 Å². The molecule has 1 aliphatic rings. The number of primary amides is 1. The number of pyridine rings is 1. The summed E-state index contributed by atoms with van der Waals surface area (Å²) < 4.78 is 0. The van der Waals surface area contributed by atoms with Crippen LogP contribution >= 0.6 is 0 Å². The minimum atomic E-state index is -0.275. The minimum absolute atomic E-state index is 0.237. The van der Waals surface area contributed by atoms with E-state index in [0.29, 0.717) is 5.69 Å². The third kappa shape index (κ3) is 2.33. The van der Waals surface area contributed by atoms with Crippen LogP contribution < -0.4 is 16.4 Å². The SMILES string of the molecule is Cc1cc(N)cnc1N1CCCCC1C(N)=O. The molecular weight excluding hydrogens is 216 g/mol. The van der Waals surface area contributed by atoms with Crippen LogP contribution in [0.3, 0.4) is 0 Å². The molecule has 1 aliphatic heterocycles. The Morgan fingerprint density at radius 2 is 2.29 bits per heavy atom. The molecule has 5 nitrogen and oxygen atoms in total. The molecule has 0 aromatic carbocycles. The Morgan fingerprint density at radius 3 is 2.94 bits per heavy atom. The topological polar surface area (TPSA) is 85.2 Å². The monoisotopic (exact) mass is 234 g/mol. The van der Waals surface area contributed by atoms with Crippen molar-refractivity contribution in [3.8, 4) is 0 Å². The molecule has 4 N–H and O–H groups in total. The van der Waals surface area contributed by atoms with Crippen LogP contribution in [0, 0.1) is 6.92 Å². The maximum absolute atomic E-state index is 11.4. The van der Waals surface area contributed by atoms with Crippen molar-refractivity contribution in [2.24, 2.45) is 5.73 Å². The van der Waals surface area contributed by atoms with E-state index in [1.807, 2.05) is 17.9 Å². The summed E-state index contributed by atoms with van der Waals surface area (Å²) in [7, 11) is 0. The number of nitrogen functional groups attached to an aromatic ring is 1. The summed E-state index contributed by atoms with van der Waals surface area (Å²) in [4.78, 5) is 17.8. The van der Waals surface area contributed by atoms with Crippen LogP contribution in [0.15, 0.2) is 12.3 Å². The van der Waals surface area contributed by atoms with Gasteiger partial charge in [-0.05, 0) is 37.8 Å². The van der Waals surface area contributed by atoms with Gasteiger partial charge in [-0.2, -0.15) is 0 Å². The Morgan fingerprint density at radius 1 is 1.53 bits per heavy atom. The third-order valence-electron chi connectivity index (χ3n) is 3.18. The van der Waals surface area contributed by atoms with Gasteiger partial charge in [0.05, 0.1) is 11.9 Å². The quantitative estimate of drug-likeness (QED) is 0.793. The molecule has 1 amide bonds. The van der Waals surface area contributed by atoms with Crippen LogP contribution in [0.25, 0.3) is 0 Å². The van der Waals surface area contributed by atoms with Gasteiger partial charge in [0.25, 0.3) is 0 Å². The lowest BCUT2D eigenvalue weighted by atomic mass is 10.0. The average molecular weight is 234 g/mol. The highest BCUT2D eigenvalue weighted by Crippen LogP contribution is 2.26. The first-order chi connectivity index (χ1) is 8.09. The normalized spacial score (nSPS) is 20.3. The summed E-state index contributed by atoms with van der Waals surface area (Å²) >= 11 is 0. The molecule has 1 fully saturated rings. The number of aryl methyl sites for hydroxylation is 1. The van der Waals surface area contributed by atoms with E-state index in [1.54, 1.807) is 6.20 Å². The molecular formula is C12H18N4O. The number of nitrogens with zero attached hydrogens (tertiary/aromatic N) is 2. The molecule has 0 saturated carbocycles. The van der Waals surface area contributed by atoms with Gasteiger partial charge in [-0.3, -0.25) is 4.79 Å². The van der Waals surface area contributed by atoms with Crippen LogP contribution in [-0.2, 0) is 4.79 Å². The van der Waals surface area contributed by atoms with Crippen LogP contribution in [0.5, 0.6) is 0 Å². The van der Waals surface area contributed by atoms with E-state index < -0.39 is 0 Å².